The summed E-state index contributed by atoms with van der Waals surface area (Å²) < 4.78 is 12.2. The fourth-order valence-electron chi connectivity index (χ4n) is 1.82. The monoisotopic (exact) mass is 263 g/mol. The lowest BCUT2D eigenvalue weighted by molar-refractivity contribution is 0.0526. The SMILES string of the molecule is CCOC(=O)c1cnc2c(c1)c(OCC)nn2CC. The van der Waals surface area contributed by atoms with Gasteiger partial charge in [0, 0.05) is 12.7 Å². The minimum Gasteiger partial charge on any atom is -0.476 e. The zero-order valence-electron chi connectivity index (χ0n) is 11.3. The van der Waals surface area contributed by atoms with E-state index in [0.717, 1.165) is 5.39 Å². The van der Waals surface area contributed by atoms with E-state index < -0.39 is 0 Å². The van der Waals surface area contributed by atoms with Crippen molar-refractivity contribution in [3.8, 4) is 5.88 Å². The Morgan fingerprint density at radius 3 is 2.74 bits per heavy atom. The van der Waals surface area contributed by atoms with Gasteiger partial charge in [-0.05, 0) is 26.8 Å². The van der Waals surface area contributed by atoms with Crippen LogP contribution in [0, 0.1) is 0 Å². The van der Waals surface area contributed by atoms with E-state index in [0.29, 0.717) is 36.8 Å². The van der Waals surface area contributed by atoms with Crippen LogP contribution in [-0.2, 0) is 11.3 Å². The number of aryl methyl sites for hydroxylation is 1. The molecule has 0 fully saturated rings. The van der Waals surface area contributed by atoms with E-state index in [1.165, 1.54) is 6.20 Å². The maximum absolute atomic E-state index is 11.7. The van der Waals surface area contributed by atoms with Crippen LogP contribution in [0.1, 0.15) is 31.1 Å². The molecule has 0 aliphatic carbocycles. The number of nitrogens with zero attached hydrogens (tertiary/aromatic N) is 3. The molecule has 0 bridgehead atoms. The van der Waals surface area contributed by atoms with Gasteiger partial charge in [-0.15, -0.1) is 5.10 Å². The van der Waals surface area contributed by atoms with Crippen LogP contribution in [0.3, 0.4) is 0 Å². The third-order valence-electron chi connectivity index (χ3n) is 2.64. The molecule has 6 heteroatoms. The van der Waals surface area contributed by atoms with Crippen molar-refractivity contribution in [2.45, 2.75) is 27.3 Å². The second-order valence-electron chi connectivity index (χ2n) is 3.87. The van der Waals surface area contributed by atoms with Gasteiger partial charge in [0.25, 0.3) is 0 Å². The van der Waals surface area contributed by atoms with Crippen molar-refractivity contribution in [3.63, 3.8) is 0 Å². The topological polar surface area (TPSA) is 66.2 Å². The third-order valence-corrected chi connectivity index (χ3v) is 2.64. The lowest BCUT2D eigenvalue weighted by atomic mass is 10.2. The summed E-state index contributed by atoms with van der Waals surface area (Å²) in [6, 6.07) is 1.71. The Kier molecular flexibility index (Phi) is 3.99. The smallest absolute Gasteiger partial charge is 0.339 e. The highest BCUT2D eigenvalue weighted by Crippen LogP contribution is 2.24. The number of carbonyl (C=O) groups excluding carboxylic acids is 1. The highest BCUT2D eigenvalue weighted by atomic mass is 16.5. The Balaban J connectivity index is 2.50. The number of aromatic nitrogens is 3. The molecule has 0 unspecified atom stereocenters. The summed E-state index contributed by atoms with van der Waals surface area (Å²) in [5, 5.41) is 5.05. The van der Waals surface area contributed by atoms with Crippen molar-refractivity contribution < 1.29 is 14.3 Å². The van der Waals surface area contributed by atoms with Crippen molar-refractivity contribution in [2.75, 3.05) is 13.2 Å². The molecule has 102 valence electrons. The summed E-state index contributed by atoms with van der Waals surface area (Å²) >= 11 is 0. The highest BCUT2D eigenvalue weighted by molar-refractivity contribution is 5.94. The second-order valence-corrected chi connectivity index (χ2v) is 3.87. The maximum Gasteiger partial charge on any atom is 0.339 e. The summed E-state index contributed by atoms with van der Waals surface area (Å²) in [6.45, 7) is 7.17. The first-order chi connectivity index (χ1) is 9.21. The minimum atomic E-state index is -0.386. The number of rotatable bonds is 5. The van der Waals surface area contributed by atoms with Gasteiger partial charge in [0.1, 0.15) is 0 Å². The Labute approximate surface area is 111 Å². The number of hydrogen-bond acceptors (Lipinski definition) is 5. The van der Waals surface area contributed by atoms with Crippen LogP contribution in [0.25, 0.3) is 11.0 Å². The van der Waals surface area contributed by atoms with Crippen molar-refractivity contribution in [3.05, 3.63) is 17.8 Å². The summed E-state index contributed by atoms with van der Waals surface area (Å²) in [5.74, 6) is 0.113. The number of esters is 1. The molecule has 2 aromatic rings. The molecule has 2 heterocycles. The summed E-state index contributed by atoms with van der Waals surface area (Å²) in [4.78, 5) is 16.0. The number of hydrogen-bond donors (Lipinski definition) is 0. The van der Waals surface area contributed by atoms with Crippen molar-refractivity contribution >= 4 is 17.0 Å². The van der Waals surface area contributed by atoms with Crippen LogP contribution in [0.5, 0.6) is 5.88 Å². The quantitative estimate of drug-likeness (QED) is 0.772. The van der Waals surface area contributed by atoms with Crippen LogP contribution < -0.4 is 4.74 Å². The maximum atomic E-state index is 11.7. The van der Waals surface area contributed by atoms with Gasteiger partial charge in [-0.1, -0.05) is 0 Å². The molecule has 0 saturated heterocycles. The predicted octanol–water partition coefficient (Wildman–Crippen LogP) is 2.03. The molecule has 0 N–H and O–H groups in total. The predicted molar refractivity (Wildman–Crippen MR) is 70.3 cm³/mol. The number of pyridine rings is 1. The first-order valence-corrected chi connectivity index (χ1v) is 6.37. The van der Waals surface area contributed by atoms with Gasteiger partial charge in [-0.3, -0.25) is 0 Å². The number of fused-ring (bicyclic) bond motifs is 1. The Morgan fingerprint density at radius 2 is 2.11 bits per heavy atom. The van der Waals surface area contributed by atoms with E-state index in [9.17, 15) is 4.79 Å². The van der Waals surface area contributed by atoms with Crippen molar-refractivity contribution in [1.82, 2.24) is 14.8 Å². The second kappa shape index (κ2) is 5.69. The first kappa shape index (κ1) is 13.3. The van der Waals surface area contributed by atoms with Crippen LogP contribution in [-0.4, -0.2) is 33.9 Å². The van der Waals surface area contributed by atoms with Crippen LogP contribution in [0.15, 0.2) is 12.3 Å². The van der Waals surface area contributed by atoms with Crippen molar-refractivity contribution in [2.24, 2.45) is 0 Å². The Bertz CT molecular complexity index is 592. The number of carbonyl (C=O) groups is 1. The van der Waals surface area contributed by atoms with Gasteiger partial charge in [-0.2, -0.15) is 0 Å². The Morgan fingerprint density at radius 1 is 1.32 bits per heavy atom. The molecule has 0 spiro atoms. The minimum absolute atomic E-state index is 0.337. The molecule has 0 aromatic carbocycles. The van der Waals surface area contributed by atoms with Gasteiger partial charge in [0.15, 0.2) is 5.65 Å². The average Bonchev–Trinajstić information content (AvgIpc) is 2.77. The summed E-state index contributed by atoms with van der Waals surface area (Å²) in [6.07, 6.45) is 1.50. The lowest BCUT2D eigenvalue weighted by Crippen LogP contribution is -2.05. The largest absolute Gasteiger partial charge is 0.476 e. The molecule has 0 aliphatic heterocycles. The van der Waals surface area contributed by atoms with Gasteiger partial charge in [-0.25, -0.2) is 14.5 Å². The molecule has 0 aliphatic rings. The molecule has 19 heavy (non-hydrogen) atoms. The van der Waals surface area contributed by atoms with Crippen molar-refractivity contribution in [1.29, 1.82) is 0 Å². The third kappa shape index (κ3) is 2.52. The fourth-order valence-corrected chi connectivity index (χ4v) is 1.82. The number of ether oxygens (including phenoxy) is 2. The summed E-state index contributed by atoms with van der Waals surface area (Å²) in [5.41, 5.74) is 1.12. The Hall–Kier alpha value is -2.11. The van der Waals surface area contributed by atoms with E-state index in [1.54, 1.807) is 17.7 Å². The zero-order chi connectivity index (χ0) is 13.8. The van der Waals surface area contributed by atoms with E-state index in [2.05, 4.69) is 10.1 Å². The van der Waals surface area contributed by atoms with Crippen LogP contribution in [0.4, 0.5) is 0 Å². The fraction of sp³-hybridized carbons (Fsp3) is 0.462. The van der Waals surface area contributed by atoms with E-state index in [-0.39, 0.29) is 5.97 Å². The van der Waals surface area contributed by atoms with E-state index in [1.807, 2.05) is 13.8 Å². The van der Waals surface area contributed by atoms with E-state index >= 15 is 0 Å². The standard InChI is InChI=1S/C13H17N3O3/c1-4-16-11-10(12(15-16)18-5-2)7-9(8-14-11)13(17)19-6-3/h7-8H,4-6H2,1-3H3. The zero-order valence-corrected chi connectivity index (χ0v) is 11.3. The molecular weight excluding hydrogens is 246 g/mol. The van der Waals surface area contributed by atoms with Gasteiger partial charge in [0.05, 0.1) is 24.2 Å². The van der Waals surface area contributed by atoms with Crippen LogP contribution >= 0.6 is 0 Å². The van der Waals surface area contributed by atoms with Gasteiger partial charge >= 0.3 is 5.97 Å². The summed E-state index contributed by atoms with van der Waals surface area (Å²) in [7, 11) is 0. The average molecular weight is 263 g/mol. The molecule has 0 amide bonds. The van der Waals surface area contributed by atoms with E-state index in [4.69, 9.17) is 9.47 Å². The van der Waals surface area contributed by atoms with Crippen LogP contribution in [0.2, 0.25) is 0 Å². The normalized spacial score (nSPS) is 10.7. The van der Waals surface area contributed by atoms with Gasteiger partial charge in [0.2, 0.25) is 5.88 Å². The molecular formula is C13H17N3O3. The molecule has 2 aromatic heterocycles. The molecule has 0 radical (unpaired) electrons. The molecule has 2 rings (SSSR count). The van der Waals surface area contributed by atoms with Gasteiger partial charge < -0.3 is 9.47 Å². The molecule has 6 nitrogen and oxygen atoms in total. The highest BCUT2D eigenvalue weighted by Gasteiger charge is 2.15. The lowest BCUT2D eigenvalue weighted by Gasteiger charge is -2.02. The molecule has 0 atom stereocenters. The molecule has 0 saturated carbocycles. The first-order valence-electron chi connectivity index (χ1n) is 6.37.